The van der Waals surface area contributed by atoms with E-state index in [1.54, 1.807) is 13.2 Å². The Labute approximate surface area is 93.3 Å². The van der Waals surface area contributed by atoms with Crippen molar-refractivity contribution in [2.45, 2.75) is 25.8 Å². The number of aromatic nitrogens is 2. The smallest absolute Gasteiger partial charge is 0.305 e. The molecule has 1 unspecified atom stereocenters. The van der Waals surface area contributed by atoms with Crippen LogP contribution in [0.15, 0.2) is 12.4 Å². The quantitative estimate of drug-likeness (QED) is 0.759. The predicted octanol–water partition coefficient (Wildman–Crippen LogP) is 0.403. The first-order valence-electron chi connectivity index (χ1n) is 5.04. The second-order valence-electron chi connectivity index (χ2n) is 3.58. The monoisotopic (exact) mass is 225 g/mol. The van der Waals surface area contributed by atoms with Crippen molar-refractivity contribution in [1.29, 1.82) is 0 Å². The molecule has 1 aromatic heterocycles. The third kappa shape index (κ3) is 3.38. The van der Waals surface area contributed by atoms with Crippen molar-refractivity contribution in [1.82, 2.24) is 15.1 Å². The van der Waals surface area contributed by atoms with E-state index in [0.29, 0.717) is 12.0 Å². The predicted molar refractivity (Wildman–Crippen MR) is 57.0 cm³/mol. The normalized spacial score (nSPS) is 12.1. The molecule has 6 heteroatoms. The van der Waals surface area contributed by atoms with Gasteiger partial charge in [0.1, 0.15) is 0 Å². The Bertz CT molecular complexity index is 386. The number of hydrogen-bond acceptors (Lipinski definition) is 3. The summed E-state index contributed by atoms with van der Waals surface area (Å²) in [5.74, 6) is -1.21. The molecule has 0 aliphatic carbocycles. The third-order valence-corrected chi connectivity index (χ3v) is 2.22. The van der Waals surface area contributed by atoms with Crippen molar-refractivity contribution in [3.63, 3.8) is 0 Å². The van der Waals surface area contributed by atoms with Crippen molar-refractivity contribution >= 4 is 11.9 Å². The molecule has 0 saturated carbocycles. The minimum absolute atomic E-state index is 0.0670. The van der Waals surface area contributed by atoms with Crippen molar-refractivity contribution in [2.75, 3.05) is 0 Å². The van der Waals surface area contributed by atoms with E-state index in [1.807, 2.05) is 6.92 Å². The molecule has 0 saturated heterocycles. The minimum Gasteiger partial charge on any atom is -0.481 e. The van der Waals surface area contributed by atoms with Gasteiger partial charge < -0.3 is 10.4 Å². The van der Waals surface area contributed by atoms with Gasteiger partial charge in [-0.05, 0) is 6.42 Å². The van der Waals surface area contributed by atoms with Gasteiger partial charge in [0.2, 0.25) is 0 Å². The van der Waals surface area contributed by atoms with E-state index in [2.05, 4.69) is 10.4 Å². The summed E-state index contributed by atoms with van der Waals surface area (Å²) in [5, 5.41) is 15.2. The molecular formula is C10H15N3O3. The van der Waals surface area contributed by atoms with Gasteiger partial charge in [-0.3, -0.25) is 14.3 Å². The van der Waals surface area contributed by atoms with E-state index in [9.17, 15) is 9.59 Å². The Morgan fingerprint density at radius 2 is 2.31 bits per heavy atom. The summed E-state index contributed by atoms with van der Waals surface area (Å²) in [5.41, 5.74) is 0.436. The van der Waals surface area contributed by atoms with Crippen LogP contribution in [-0.2, 0) is 11.8 Å². The summed E-state index contributed by atoms with van der Waals surface area (Å²) in [6.07, 6.45) is 3.55. The van der Waals surface area contributed by atoms with Gasteiger partial charge >= 0.3 is 5.97 Å². The largest absolute Gasteiger partial charge is 0.481 e. The summed E-state index contributed by atoms with van der Waals surface area (Å²) in [7, 11) is 1.71. The Morgan fingerprint density at radius 1 is 1.62 bits per heavy atom. The molecule has 1 heterocycles. The number of aryl methyl sites for hydroxylation is 1. The molecule has 0 bridgehead atoms. The Hall–Kier alpha value is -1.85. The highest BCUT2D eigenvalue weighted by molar-refractivity contribution is 5.94. The SMILES string of the molecule is CCC(CC(=O)O)NC(=O)c1cnn(C)c1. The van der Waals surface area contributed by atoms with Crippen molar-refractivity contribution in [3.8, 4) is 0 Å². The Kier molecular flexibility index (Phi) is 4.04. The van der Waals surface area contributed by atoms with Crippen LogP contribution in [0, 0.1) is 0 Å². The van der Waals surface area contributed by atoms with E-state index < -0.39 is 5.97 Å². The standard InChI is InChI=1S/C10H15N3O3/c1-3-8(4-9(14)15)12-10(16)7-5-11-13(2)6-7/h5-6,8H,3-4H2,1-2H3,(H,12,16)(H,14,15). The summed E-state index contributed by atoms with van der Waals surface area (Å²) >= 11 is 0. The number of carboxylic acids is 1. The topological polar surface area (TPSA) is 84.2 Å². The van der Waals surface area contributed by atoms with Gasteiger partial charge in [0.25, 0.3) is 5.91 Å². The van der Waals surface area contributed by atoms with Gasteiger partial charge in [-0.15, -0.1) is 0 Å². The lowest BCUT2D eigenvalue weighted by Gasteiger charge is -2.13. The van der Waals surface area contributed by atoms with Crippen LogP contribution in [0.5, 0.6) is 0 Å². The fourth-order valence-electron chi connectivity index (χ4n) is 1.32. The maximum absolute atomic E-state index is 11.7. The number of amides is 1. The number of aliphatic carboxylic acids is 1. The van der Waals surface area contributed by atoms with Crippen LogP contribution in [0.1, 0.15) is 30.1 Å². The number of nitrogens with zero attached hydrogens (tertiary/aromatic N) is 2. The summed E-state index contributed by atoms with van der Waals surface area (Å²) in [6.45, 7) is 1.83. The highest BCUT2D eigenvalue weighted by Crippen LogP contribution is 2.01. The number of hydrogen-bond donors (Lipinski definition) is 2. The van der Waals surface area contributed by atoms with Crippen LogP contribution in [-0.4, -0.2) is 32.8 Å². The van der Waals surface area contributed by atoms with Gasteiger partial charge in [-0.2, -0.15) is 5.10 Å². The van der Waals surface area contributed by atoms with Gasteiger partial charge in [-0.1, -0.05) is 6.92 Å². The number of carbonyl (C=O) groups excluding carboxylic acids is 1. The Balaban J connectivity index is 2.58. The van der Waals surface area contributed by atoms with Crippen LogP contribution >= 0.6 is 0 Å². The lowest BCUT2D eigenvalue weighted by molar-refractivity contribution is -0.137. The van der Waals surface area contributed by atoms with E-state index >= 15 is 0 Å². The maximum atomic E-state index is 11.7. The summed E-state index contributed by atoms with van der Waals surface area (Å²) < 4.78 is 1.52. The zero-order valence-electron chi connectivity index (χ0n) is 9.30. The zero-order valence-corrected chi connectivity index (χ0v) is 9.30. The zero-order chi connectivity index (χ0) is 12.1. The average molecular weight is 225 g/mol. The van der Waals surface area contributed by atoms with Gasteiger partial charge in [0, 0.05) is 19.3 Å². The highest BCUT2D eigenvalue weighted by Gasteiger charge is 2.15. The molecule has 0 aromatic carbocycles. The van der Waals surface area contributed by atoms with Crippen LogP contribution in [0.2, 0.25) is 0 Å². The van der Waals surface area contributed by atoms with Gasteiger partial charge in [-0.25, -0.2) is 0 Å². The fraction of sp³-hybridized carbons (Fsp3) is 0.500. The van der Waals surface area contributed by atoms with Crippen LogP contribution in [0.3, 0.4) is 0 Å². The molecule has 0 radical (unpaired) electrons. The number of nitrogens with one attached hydrogen (secondary N) is 1. The van der Waals surface area contributed by atoms with Gasteiger partial charge in [0.05, 0.1) is 18.2 Å². The highest BCUT2D eigenvalue weighted by atomic mass is 16.4. The van der Waals surface area contributed by atoms with E-state index in [-0.39, 0.29) is 18.4 Å². The van der Waals surface area contributed by atoms with Crippen molar-refractivity contribution in [2.24, 2.45) is 7.05 Å². The molecule has 0 aliphatic rings. The molecule has 0 fully saturated rings. The molecule has 1 aromatic rings. The fourth-order valence-corrected chi connectivity index (χ4v) is 1.32. The van der Waals surface area contributed by atoms with Crippen molar-refractivity contribution < 1.29 is 14.7 Å². The first kappa shape index (κ1) is 12.2. The van der Waals surface area contributed by atoms with E-state index in [0.717, 1.165) is 0 Å². The van der Waals surface area contributed by atoms with Gasteiger partial charge in [0.15, 0.2) is 0 Å². The third-order valence-electron chi connectivity index (χ3n) is 2.22. The molecule has 2 N–H and O–H groups in total. The molecule has 0 aliphatic heterocycles. The molecule has 6 nitrogen and oxygen atoms in total. The first-order valence-corrected chi connectivity index (χ1v) is 5.04. The molecule has 88 valence electrons. The lowest BCUT2D eigenvalue weighted by Crippen LogP contribution is -2.35. The number of carbonyl (C=O) groups is 2. The number of carboxylic acid groups (broad SMARTS) is 1. The minimum atomic E-state index is -0.918. The average Bonchev–Trinajstić information content (AvgIpc) is 2.63. The van der Waals surface area contributed by atoms with E-state index in [1.165, 1.54) is 10.9 Å². The van der Waals surface area contributed by atoms with Crippen LogP contribution in [0.4, 0.5) is 0 Å². The maximum Gasteiger partial charge on any atom is 0.305 e. The summed E-state index contributed by atoms with van der Waals surface area (Å²) in [6, 6.07) is -0.342. The Morgan fingerprint density at radius 3 is 2.75 bits per heavy atom. The van der Waals surface area contributed by atoms with Crippen LogP contribution in [0.25, 0.3) is 0 Å². The molecule has 16 heavy (non-hydrogen) atoms. The van der Waals surface area contributed by atoms with Crippen LogP contribution < -0.4 is 5.32 Å². The number of rotatable bonds is 5. The molecule has 1 amide bonds. The summed E-state index contributed by atoms with van der Waals surface area (Å²) in [4.78, 5) is 22.2. The molecule has 1 atom stereocenters. The van der Waals surface area contributed by atoms with E-state index in [4.69, 9.17) is 5.11 Å². The molecule has 1 rings (SSSR count). The molecule has 0 spiro atoms. The first-order chi connectivity index (χ1) is 7.52. The van der Waals surface area contributed by atoms with Crippen molar-refractivity contribution in [3.05, 3.63) is 18.0 Å². The second-order valence-corrected chi connectivity index (χ2v) is 3.58. The lowest BCUT2D eigenvalue weighted by atomic mass is 10.1. The molecular weight excluding hydrogens is 210 g/mol. The second kappa shape index (κ2) is 5.29.